The van der Waals surface area contributed by atoms with Crippen LogP contribution < -0.4 is 5.32 Å². The number of hydrogen-bond donors (Lipinski definition) is 1. The molecule has 2 atom stereocenters. The maximum atomic E-state index is 4.36. The summed E-state index contributed by atoms with van der Waals surface area (Å²) < 4.78 is 0.933. The maximum absolute atomic E-state index is 4.36. The summed E-state index contributed by atoms with van der Waals surface area (Å²) in [5, 5.41) is 3.63. The van der Waals surface area contributed by atoms with E-state index in [1.807, 2.05) is 6.20 Å². The highest BCUT2D eigenvalue weighted by atomic mass is 79.9. The average molecular weight is 340 g/mol. The van der Waals surface area contributed by atoms with Crippen molar-refractivity contribution < 1.29 is 0 Å². The summed E-state index contributed by atoms with van der Waals surface area (Å²) in [6.07, 6.45) is 5.83. The van der Waals surface area contributed by atoms with E-state index in [1.54, 1.807) is 0 Å². The number of anilines is 1. The molecule has 2 unspecified atom stereocenters. The van der Waals surface area contributed by atoms with Gasteiger partial charge in [0, 0.05) is 12.6 Å². The molecule has 1 aliphatic rings. The Labute approximate surface area is 131 Å². The topological polar surface area (TPSA) is 28.2 Å². The van der Waals surface area contributed by atoms with Crippen molar-refractivity contribution in [1.29, 1.82) is 0 Å². The van der Waals surface area contributed by atoms with Gasteiger partial charge in [-0.05, 0) is 79.7 Å². The van der Waals surface area contributed by atoms with Crippen molar-refractivity contribution >= 4 is 21.6 Å². The molecular weight excluding hydrogens is 314 g/mol. The van der Waals surface area contributed by atoms with Crippen LogP contribution in [0.2, 0.25) is 0 Å². The smallest absolute Gasteiger partial charge is 0.109 e. The summed E-state index contributed by atoms with van der Waals surface area (Å²) in [5.74, 6) is 0.735. The van der Waals surface area contributed by atoms with E-state index in [0.29, 0.717) is 6.04 Å². The van der Waals surface area contributed by atoms with Crippen molar-refractivity contribution in [2.24, 2.45) is 5.92 Å². The van der Waals surface area contributed by atoms with Gasteiger partial charge in [-0.25, -0.2) is 4.98 Å². The van der Waals surface area contributed by atoms with Crippen LogP contribution >= 0.6 is 15.9 Å². The first-order valence-electron chi connectivity index (χ1n) is 7.71. The van der Waals surface area contributed by atoms with Gasteiger partial charge in [-0.3, -0.25) is 0 Å². The van der Waals surface area contributed by atoms with Gasteiger partial charge < -0.3 is 10.2 Å². The van der Waals surface area contributed by atoms with E-state index in [9.17, 15) is 0 Å². The van der Waals surface area contributed by atoms with Crippen LogP contribution in [0, 0.1) is 12.8 Å². The summed E-state index contributed by atoms with van der Waals surface area (Å²) in [7, 11) is 0. The predicted molar refractivity (Wildman–Crippen MR) is 89.2 cm³/mol. The van der Waals surface area contributed by atoms with Crippen LogP contribution in [0.5, 0.6) is 0 Å². The van der Waals surface area contributed by atoms with Gasteiger partial charge in [-0.1, -0.05) is 6.92 Å². The standard InChI is InChI=1S/C16H26BrN3/c1-4-7-20-8-5-6-14(11-20)13(3)19-15-9-12(2)16(17)18-10-15/h9-10,13-14,19H,4-8,11H2,1-3H3. The number of likely N-dealkylation sites (tertiary alicyclic amines) is 1. The zero-order valence-electron chi connectivity index (χ0n) is 12.8. The summed E-state index contributed by atoms with van der Waals surface area (Å²) >= 11 is 3.45. The highest BCUT2D eigenvalue weighted by Crippen LogP contribution is 2.23. The number of nitrogens with zero attached hydrogens (tertiary/aromatic N) is 2. The number of pyridine rings is 1. The number of hydrogen-bond acceptors (Lipinski definition) is 3. The summed E-state index contributed by atoms with van der Waals surface area (Å²) in [4.78, 5) is 6.97. The lowest BCUT2D eigenvalue weighted by atomic mass is 9.91. The molecule has 0 amide bonds. The van der Waals surface area contributed by atoms with Crippen molar-refractivity contribution in [3.05, 3.63) is 22.4 Å². The van der Waals surface area contributed by atoms with Crippen LogP contribution in [0.15, 0.2) is 16.9 Å². The zero-order chi connectivity index (χ0) is 14.5. The largest absolute Gasteiger partial charge is 0.381 e. The molecule has 112 valence electrons. The van der Waals surface area contributed by atoms with Crippen LogP contribution in [0.25, 0.3) is 0 Å². The quantitative estimate of drug-likeness (QED) is 0.819. The Bertz CT molecular complexity index is 434. The number of piperidine rings is 1. The molecule has 20 heavy (non-hydrogen) atoms. The van der Waals surface area contributed by atoms with Crippen LogP contribution in [0.3, 0.4) is 0 Å². The van der Waals surface area contributed by atoms with Crippen molar-refractivity contribution in [2.45, 2.75) is 46.1 Å². The molecule has 3 nitrogen and oxygen atoms in total. The first-order chi connectivity index (χ1) is 9.60. The molecule has 0 spiro atoms. The minimum Gasteiger partial charge on any atom is -0.381 e. The van der Waals surface area contributed by atoms with Crippen molar-refractivity contribution in [3.63, 3.8) is 0 Å². The molecule has 0 aliphatic carbocycles. The van der Waals surface area contributed by atoms with Crippen molar-refractivity contribution in [1.82, 2.24) is 9.88 Å². The molecular formula is C16H26BrN3. The Morgan fingerprint density at radius 3 is 3.05 bits per heavy atom. The molecule has 0 aromatic carbocycles. The molecule has 0 saturated carbocycles. The van der Waals surface area contributed by atoms with E-state index in [0.717, 1.165) is 16.2 Å². The molecule has 4 heteroatoms. The highest BCUT2D eigenvalue weighted by molar-refractivity contribution is 9.10. The second kappa shape index (κ2) is 7.41. The monoisotopic (exact) mass is 339 g/mol. The summed E-state index contributed by atoms with van der Waals surface area (Å²) in [6, 6.07) is 2.66. The zero-order valence-corrected chi connectivity index (χ0v) is 14.4. The van der Waals surface area contributed by atoms with E-state index in [4.69, 9.17) is 0 Å². The van der Waals surface area contributed by atoms with Gasteiger partial charge in [-0.2, -0.15) is 0 Å². The molecule has 1 aliphatic heterocycles. The van der Waals surface area contributed by atoms with Gasteiger partial charge in [0.2, 0.25) is 0 Å². The Morgan fingerprint density at radius 1 is 1.55 bits per heavy atom. The molecule has 0 radical (unpaired) electrons. The third kappa shape index (κ3) is 4.19. The van der Waals surface area contributed by atoms with Crippen molar-refractivity contribution in [2.75, 3.05) is 25.0 Å². The third-order valence-electron chi connectivity index (χ3n) is 4.20. The number of rotatable bonds is 5. The van der Waals surface area contributed by atoms with Gasteiger partial charge in [0.15, 0.2) is 0 Å². The molecule has 1 fully saturated rings. The van der Waals surface area contributed by atoms with Crippen LogP contribution in [-0.2, 0) is 0 Å². The second-order valence-corrected chi connectivity index (χ2v) is 6.72. The Kier molecular flexibility index (Phi) is 5.85. The fraction of sp³-hybridized carbons (Fsp3) is 0.688. The van der Waals surface area contributed by atoms with Gasteiger partial charge in [0.05, 0.1) is 11.9 Å². The van der Waals surface area contributed by atoms with Gasteiger partial charge in [-0.15, -0.1) is 0 Å². The fourth-order valence-electron chi connectivity index (χ4n) is 3.04. The van der Waals surface area contributed by atoms with Gasteiger partial charge in [0.25, 0.3) is 0 Å². The normalized spacial score (nSPS) is 21.7. The third-order valence-corrected chi connectivity index (χ3v) is 5.03. The van der Waals surface area contributed by atoms with E-state index in [2.05, 4.69) is 58.0 Å². The molecule has 1 N–H and O–H groups in total. The minimum atomic E-state index is 0.497. The molecule has 0 bridgehead atoms. The molecule has 2 rings (SSSR count). The van der Waals surface area contributed by atoms with Gasteiger partial charge in [0.1, 0.15) is 4.60 Å². The first-order valence-corrected chi connectivity index (χ1v) is 8.50. The molecule has 1 saturated heterocycles. The maximum Gasteiger partial charge on any atom is 0.109 e. The Balaban J connectivity index is 1.93. The fourth-order valence-corrected chi connectivity index (χ4v) is 3.25. The van der Waals surface area contributed by atoms with Crippen LogP contribution in [0.1, 0.15) is 38.7 Å². The summed E-state index contributed by atoms with van der Waals surface area (Å²) in [6.45, 7) is 10.4. The lowest BCUT2D eigenvalue weighted by Crippen LogP contribution is -2.42. The molecule has 2 heterocycles. The number of aromatic nitrogens is 1. The molecule has 1 aromatic rings. The van der Waals surface area contributed by atoms with Gasteiger partial charge >= 0.3 is 0 Å². The predicted octanol–water partition coefficient (Wildman–Crippen LogP) is 4.07. The Hall–Kier alpha value is -0.610. The van der Waals surface area contributed by atoms with Crippen LogP contribution in [0.4, 0.5) is 5.69 Å². The van der Waals surface area contributed by atoms with E-state index >= 15 is 0 Å². The lowest BCUT2D eigenvalue weighted by Gasteiger charge is -2.36. The number of nitrogens with one attached hydrogen (secondary N) is 1. The number of aryl methyl sites for hydroxylation is 1. The highest BCUT2D eigenvalue weighted by Gasteiger charge is 2.24. The average Bonchev–Trinajstić information content (AvgIpc) is 2.43. The second-order valence-electron chi connectivity index (χ2n) is 5.97. The molecule has 1 aromatic heterocycles. The van der Waals surface area contributed by atoms with E-state index in [-0.39, 0.29) is 0 Å². The van der Waals surface area contributed by atoms with Crippen molar-refractivity contribution in [3.8, 4) is 0 Å². The van der Waals surface area contributed by atoms with Crippen LogP contribution in [-0.4, -0.2) is 35.6 Å². The summed E-state index contributed by atoms with van der Waals surface area (Å²) in [5.41, 5.74) is 2.31. The SMILES string of the molecule is CCCN1CCCC(C(C)Nc2cnc(Br)c(C)c2)C1. The number of halogens is 1. The van der Waals surface area contributed by atoms with E-state index in [1.165, 1.54) is 44.5 Å². The lowest BCUT2D eigenvalue weighted by molar-refractivity contribution is 0.165. The first kappa shape index (κ1) is 15.8. The van der Waals surface area contributed by atoms with E-state index < -0.39 is 0 Å². The Morgan fingerprint density at radius 2 is 2.35 bits per heavy atom. The minimum absolute atomic E-state index is 0.497.